The van der Waals surface area contributed by atoms with Crippen LogP contribution in [0.15, 0.2) is 0 Å². The van der Waals surface area contributed by atoms with E-state index in [1.807, 2.05) is 0 Å². The first-order valence-electron chi connectivity index (χ1n) is 3.26. The average molecular weight is 133 g/mol. The molecule has 0 aromatic heterocycles. The Kier molecular flexibility index (Phi) is 2.42. The van der Waals surface area contributed by atoms with Crippen molar-refractivity contribution >= 4 is 0 Å². The van der Waals surface area contributed by atoms with Crippen LogP contribution in [0.25, 0.3) is 0 Å². The molecule has 0 saturated carbocycles. The van der Waals surface area contributed by atoms with E-state index in [0.29, 0.717) is 13.2 Å². The largest absolute Gasteiger partial charge is 0.378 e. The van der Waals surface area contributed by atoms with Gasteiger partial charge in [-0.2, -0.15) is 0 Å². The zero-order valence-corrected chi connectivity index (χ0v) is 5.35. The summed E-state index contributed by atoms with van der Waals surface area (Å²) in [6.07, 6.45) is -0.0544. The summed E-state index contributed by atoms with van der Waals surface area (Å²) in [5, 5.41) is 0. The highest BCUT2D eigenvalue weighted by atomic mass is 19.1. The van der Waals surface area contributed by atoms with E-state index in [9.17, 15) is 4.39 Å². The highest BCUT2D eigenvalue weighted by Crippen LogP contribution is 2.16. The molecular weight excluding hydrogens is 121 g/mol. The lowest BCUT2D eigenvalue weighted by molar-refractivity contribution is 0.00154. The van der Waals surface area contributed by atoms with Gasteiger partial charge in [-0.15, -0.1) is 0 Å². The Hall–Kier alpha value is -0.150. The first kappa shape index (κ1) is 6.96. The van der Waals surface area contributed by atoms with Gasteiger partial charge in [0.25, 0.3) is 0 Å². The van der Waals surface area contributed by atoms with Crippen molar-refractivity contribution in [1.82, 2.24) is 0 Å². The second kappa shape index (κ2) is 3.13. The van der Waals surface area contributed by atoms with Crippen LogP contribution < -0.4 is 5.73 Å². The van der Waals surface area contributed by atoms with Crippen LogP contribution in [0.5, 0.6) is 0 Å². The maximum Gasteiger partial charge on any atom is 0.127 e. The van der Waals surface area contributed by atoms with Gasteiger partial charge in [-0.3, -0.25) is 0 Å². The molecule has 1 fully saturated rings. The Bertz CT molecular complexity index is 89.1. The van der Waals surface area contributed by atoms with Crippen LogP contribution >= 0.6 is 0 Å². The van der Waals surface area contributed by atoms with Crippen molar-refractivity contribution < 1.29 is 9.13 Å². The first-order valence-corrected chi connectivity index (χ1v) is 3.26. The number of alkyl halides is 1. The second-order valence-corrected chi connectivity index (χ2v) is 2.38. The van der Waals surface area contributed by atoms with E-state index in [2.05, 4.69) is 0 Å². The molecule has 1 aliphatic rings. The lowest BCUT2D eigenvalue weighted by atomic mass is 9.99. The van der Waals surface area contributed by atoms with E-state index in [4.69, 9.17) is 10.5 Å². The Morgan fingerprint density at radius 1 is 1.67 bits per heavy atom. The number of ether oxygens (including phenoxy) is 1. The third kappa shape index (κ3) is 1.63. The third-order valence-electron chi connectivity index (χ3n) is 1.72. The topological polar surface area (TPSA) is 35.2 Å². The molecule has 3 heteroatoms. The Morgan fingerprint density at radius 2 is 2.44 bits per heavy atom. The molecular formula is C6H12FNO. The molecule has 2 N–H and O–H groups in total. The number of hydrogen-bond donors (Lipinski definition) is 1. The van der Waals surface area contributed by atoms with Crippen LogP contribution in [0.2, 0.25) is 0 Å². The summed E-state index contributed by atoms with van der Waals surface area (Å²) in [6, 6.07) is 0. The summed E-state index contributed by atoms with van der Waals surface area (Å²) in [7, 11) is 0. The zero-order valence-electron chi connectivity index (χ0n) is 5.35. The molecule has 54 valence electrons. The predicted octanol–water partition coefficient (Wildman–Crippen LogP) is 0.320. The summed E-state index contributed by atoms with van der Waals surface area (Å²) < 4.78 is 17.5. The standard InChI is InChI=1S/C6H12FNO/c7-6-4-9-2-1-5(6)3-8/h5-6H,1-4,8H2. The van der Waals surface area contributed by atoms with Gasteiger partial charge in [-0.25, -0.2) is 4.39 Å². The summed E-state index contributed by atoms with van der Waals surface area (Å²) in [5.41, 5.74) is 5.30. The molecule has 2 unspecified atom stereocenters. The molecule has 9 heavy (non-hydrogen) atoms. The van der Waals surface area contributed by atoms with Crippen LogP contribution in [0, 0.1) is 5.92 Å². The molecule has 1 aliphatic heterocycles. The average Bonchev–Trinajstić information content (AvgIpc) is 1.89. The molecule has 2 atom stereocenters. The second-order valence-electron chi connectivity index (χ2n) is 2.38. The first-order chi connectivity index (χ1) is 4.34. The molecule has 0 bridgehead atoms. The predicted molar refractivity (Wildman–Crippen MR) is 32.9 cm³/mol. The fourth-order valence-electron chi connectivity index (χ4n) is 1.01. The molecule has 0 amide bonds. The molecule has 0 aromatic rings. The van der Waals surface area contributed by atoms with E-state index >= 15 is 0 Å². The normalized spacial score (nSPS) is 36.7. The highest BCUT2D eigenvalue weighted by molar-refractivity contribution is 4.72. The lowest BCUT2D eigenvalue weighted by Gasteiger charge is -2.24. The molecule has 1 heterocycles. The molecule has 2 nitrogen and oxygen atoms in total. The van der Waals surface area contributed by atoms with Crippen molar-refractivity contribution in [3.05, 3.63) is 0 Å². The van der Waals surface area contributed by atoms with Crippen LogP contribution in [0.3, 0.4) is 0 Å². The van der Waals surface area contributed by atoms with Gasteiger partial charge >= 0.3 is 0 Å². The smallest absolute Gasteiger partial charge is 0.127 e. The fourth-order valence-corrected chi connectivity index (χ4v) is 1.01. The van der Waals surface area contributed by atoms with Crippen molar-refractivity contribution in [3.8, 4) is 0 Å². The number of hydrogen-bond acceptors (Lipinski definition) is 2. The van der Waals surface area contributed by atoms with Crippen molar-refractivity contribution in [3.63, 3.8) is 0 Å². The van der Waals surface area contributed by atoms with Crippen LogP contribution in [-0.4, -0.2) is 25.9 Å². The minimum atomic E-state index is -0.830. The van der Waals surface area contributed by atoms with Crippen molar-refractivity contribution in [2.45, 2.75) is 12.6 Å². The zero-order chi connectivity index (χ0) is 6.69. The van der Waals surface area contributed by atoms with Gasteiger partial charge in [0.2, 0.25) is 0 Å². The van der Waals surface area contributed by atoms with E-state index in [1.165, 1.54) is 0 Å². The van der Waals surface area contributed by atoms with E-state index < -0.39 is 6.17 Å². The van der Waals surface area contributed by atoms with Crippen LogP contribution in [0.1, 0.15) is 6.42 Å². The molecule has 1 rings (SSSR count). The van der Waals surface area contributed by atoms with Crippen molar-refractivity contribution in [2.75, 3.05) is 19.8 Å². The molecule has 0 aromatic carbocycles. The van der Waals surface area contributed by atoms with Crippen LogP contribution in [-0.2, 0) is 4.74 Å². The lowest BCUT2D eigenvalue weighted by Crippen LogP contribution is -2.33. The Balaban J connectivity index is 2.30. The maximum absolute atomic E-state index is 12.6. The van der Waals surface area contributed by atoms with Gasteiger partial charge < -0.3 is 10.5 Å². The Labute approximate surface area is 54.2 Å². The number of halogens is 1. The summed E-state index contributed by atoms with van der Waals surface area (Å²) >= 11 is 0. The quantitative estimate of drug-likeness (QED) is 0.559. The molecule has 1 saturated heterocycles. The summed E-state index contributed by atoms with van der Waals surface area (Å²) in [4.78, 5) is 0. The van der Waals surface area contributed by atoms with Gasteiger partial charge in [-0.1, -0.05) is 0 Å². The van der Waals surface area contributed by atoms with E-state index in [1.54, 1.807) is 0 Å². The Morgan fingerprint density at radius 3 is 2.89 bits per heavy atom. The summed E-state index contributed by atoms with van der Waals surface area (Å²) in [5.74, 6) is 0.0405. The van der Waals surface area contributed by atoms with Crippen molar-refractivity contribution in [1.29, 1.82) is 0 Å². The SMILES string of the molecule is NCC1CCOCC1F. The number of nitrogens with two attached hydrogens (primary N) is 1. The monoisotopic (exact) mass is 133 g/mol. The van der Waals surface area contributed by atoms with Gasteiger partial charge in [-0.05, 0) is 13.0 Å². The molecule has 0 spiro atoms. The minimum Gasteiger partial charge on any atom is -0.378 e. The third-order valence-corrected chi connectivity index (χ3v) is 1.72. The maximum atomic E-state index is 12.6. The highest BCUT2D eigenvalue weighted by Gasteiger charge is 2.23. The van der Waals surface area contributed by atoms with E-state index in [0.717, 1.165) is 6.42 Å². The fraction of sp³-hybridized carbons (Fsp3) is 1.00. The summed E-state index contributed by atoms with van der Waals surface area (Å²) in [6.45, 7) is 1.36. The van der Waals surface area contributed by atoms with Crippen molar-refractivity contribution in [2.24, 2.45) is 11.7 Å². The molecule has 0 aliphatic carbocycles. The van der Waals surface area contributed by atoms with Gasteiger partial charge in [0.05, 0.1) is 6.61 Å². The van der Waals surface area contributed by atoms with Crippen LogP contribution in [0.4, 0.5) is 4.39 Å². The van der Waals surface area contributed by atoms with Gasteiger partial charge in [0, 0.05) is 12.5 Å². The van der Waals surface area contributed by atoms with Gasteiger partial charge in [0.15, 0.2) is 0 Å². The number of rotatable bonds is 1. The van der Waals surface area contributed by atoms with Gasteiger partial charge in [0.1, 0.15) is 6.17 Å². The molecule has 0 radical (unpaired) electrons. The minimum absolute atomic E-state index is 0.0405. The van der Waals surface area contributed by atoms with E-state index in [-0.39, 0.29) is 12.5 Å².